The van der Waals surface area contributed by atoms with Crippen LogP contribution in [-0.4, -0.2) is 4.98 Å². The SMILES string of the molecule is c1ccc(-c2cccc3cnccc23)cc1. The highest BCUT2D eigenvalue weighted by Crippen LogP contribution is 2.27. The summed E-state index contributed by atoms with van der Waals surface area (Å²) in [7, 11) is 0. The molecule has 76 valence electrons. The van der Waals surface area contributed by atoms with Gasteiger partial charge in [-0.3, -0.25) is 4.98 Å². The Morgan fingerprint density at radius 3 is 2.50 bits per heavy atom. The Hall–Kier alpha value is -2.15. The number of fused-ring (bicyclic) bond motifs is 1. The summed E-state index contributed by atoms with van der Waals surface area (Å²) >= 11 is 0. The van der Waals surface area contributed by atoms with Gasteiger partial charge in [-0.05, 0) is 22.6 Å². The number of benzene rings is 2. The minimum absolute atomic E-state index is 1.18. The highest BCUT2D eigenvalue weighted by Gasteiger charge is 2.01. The number of hydrogen-bond donors (Lipinski definition) is 0. The molecule has 0 aliphatic carbocycles. The molecule has 0 radical (unpaired) electrons. The molecule has 0 spiro atoms. The lowest BCUT2D eigenvalue weighted by molar-refractivity contribution is 1.36. The predicted octanol–water partition coefficient (Wildman–Crippen LogP) is 3.90. The fraction of sp³-hybridized carbons (Fsp3) is 0. The summed E-state index contributed by atoms with van der Waals surface area (Å²) in [5.74, 6) is 0. The molecule has 3 rings (SSSR count). The van der Waals surface area contributed by atoms with Crippen LogP contribution in [0.1, 0.15) is 0 Å². The van der Waals surface area contributed by atoms with Gasteiger partial charge in [-0.1, -0.05) is 48.5 Å². The fourth-order valence-corrected chi connectivity index (χ4v) is 1.99. The molecule has 1 heterocycles. The maximum atomic E-state index is 4.15. The molecule has 2 aromatic carbocycles. The first-order chi connectivity index (χ1) is 7.95. The van der Waals surface area contributed by atoms with E-state index >= 15 is 0 Å². The second-order valence-electron chi connectivity index (χ2n) is 3.77. The average molecular weight is 205 g/mol. The Balaban J connectivity index is 2.32. The van der Waals surface area contributed by atoms with E-state index in [1.807, 2.05) is 18.5 Å². The standard InChI is InChI=1S/C15H11N/c1-2-5-12(6-3-1)14-8-4-7-13-11-16-10-9-15(13)14/h1-11H. The van der Waals surface area contributed by atoms with E-state index in [2.05, 4.69) is 53.5 Å². The first kappa shape index (κ1) is 9.10. The van der Waals surface area contributed by atoms with Crippen LogP contribution in [0.4, 0.5) is 0 Å². The highest BCUT2D eigenvalue weighted by atomic mass is 14.6. The van der Waals surface area contributed by atoms with Crippen LogP contribution in [0.15, 0.2) is 67.0 Å². The Labute approximate surface area is 94.4 Å². The van der Waals surface area contributed by atoms with Gasteiger partial charge in [0, 0.05) is 17.8 Å². The molecule has 0 saturated heterocycles. The lowest BCUT2D eigenvalue weighted by Gasteiger charge is -2.05. The largest absolute Gasteiger partial charge is 0.264 e. The van der Waals surface area contributed by atoms with E-state index in [-0.39, 0.29) is 0 Å². The number of nitrogens with zero attached hydrogens (tertiary/aromatic N) is 1. The molecule has 16 heavy (non-hydrogen) atoms. The van der Waals surface area contributed by atoms with Gasteiger partial charge in [0.25, 0.3) is 0 Å². The minimum Gasteiger partial charge on any atom is -0.264 e. The molecule has 3 aromatic rings. The van der Waals surface area contributed by atoms with Gasteiger partial charge < -0.3 is 0 Å². The molecule has 0 bridgehead atoms. The van der Waals surface area contributed by atoms with Crippen LogP contribution in [-0.2, 0) is 0 Å². The molecule has 0 saturated carbocycles. The minimum atomic E-state index is 1.18. The van der Waals surface area contributed by atoms with Crippen LogP contribution >= 0.6 is 0 Å². The predicted molar refractivity (Wildman–Crippen MR) is 67.2 cm³/mol. The van der Waals surface area contributed by atoms with Crippen molar-refractivity contribution < 1.29 is 0 Å². The van der Waals surface area contributed by atoms with E-state index in [1.165, 1.54) is 21.9 Å². The van der Waals surface area contributed by atoms with Gasteiger partial charge in [-0.15, -0.1) is 0 Å². The van der Waals surface area contributed by atoms with Crippen molar-refractivity contribution in [2.75, 3.05) is 0 Å². The van der Waals surface area contributed by atoms with E-state index in [0.717, 1.165) is 0 Å². The van der Waals surface area contributed by atoms with Crippen LogP contribution < -0.4 is 0 Å². The van der Waals surface area contributed by atoms with Crippen molar-refractivity contribution in [3.63, 3.8) is 0 Å². The van der Waals surface area contributed by atoms with E-state index in [1.54, 1.807) is 0 Å². The molecule has 0 aliphatic heterocycles. The molecule has 0 aliphatic rings. The third-order valence-corrected chi connectivity index (χ3v) is 2.77. The van der Waals surface area contributed by atoms with Gasteiger partial charge in [0.1, 0.15) is 0 Å². The van der Waals surface area contributed by atoms with E-state index in [9.17, 15) is 0 Å². The molecule has 0 fully saturated rings. The first-order valence-electron chi connectivity index (χ1n) is 5.33. The van der Waals surface area contributed by atoms with Crippen molar-refractivity contribution in [1.29, 1.82) is 0 Å². The molecule has 0 atom stereocenters. The van der Waals surface area contributed by atoms with Crippen molar-refractivity contribution in [3.05, 3.63) is 67.0 Å². The van der Waals surface area contributed by atoms with Crippen molar-refractivity contribution in [2.45, 2.75) is 0 Å². The van der Waals surface area contributed by atoms with E-state index in [0.29, 0.717) is 0 Å². The zero-order valence-electron chi connectivity index (χ0n) is 8.80. The number of rotatable bonds is 1. The molecular formula is C15H11N. The maximum Gasteiger partial charge on any atom is 0.0346 e. The second kappa shape index (κ2) is 3.78. The summed E-state index contributed by atoms with van der Waals surface area (Å²) in [5.41, 5.74) is 2.51. The quantitative estimate of drug-likeness (QED) is 0.587. The van der Waals surface area contributed by atoms with E-state index in [4.69, 9.17) is 0 Å². The topological polar surface area (TPSA) is 12.9 Å². The summed E-state index contributed by atoms with van der Waals surface area (Å²) in [6.45, 7) is 0. The van der Waals surface area contributed by atoms with Crippen molar-refractivity contribution in [1.82, 2.24) is 4.98 Å². The van der Waals surface area contributed by atoms with Crippen molar-refractivity contribution in [2.24, 2.45) is 0 Å². The summed E-state index contributed by atoms with van der Waals surface area (Å²) in [6.07, 6.45) is 3.75. The Morgan fingerprint density at radius 1 is 0.750 bits per heavy atom. The average Bonchev–Trinajstić information content (AvgIpc) is 2.39. The first-order valence-corrected chi connectivity index (χ1v) is 5.33. The highest BCUT2D eigenvalue weighted by molar-refractivity contribution is 5.95. The van der Waals surface area contributed by atoms with Gasteiger partial charge in [0.05, 0.1) is 0 Å². The van der Waals surface area contributed by atoms with Crippen LogP contribution in [0.3, 0.4) is 0 Å². The zero-order valence-corrected chi connectivity index (χ0v) is 8.80. The number of hydrogen-bond acceptors (Lipinski definition) is 1. The van der Waals surface area contributed by atoms with Gasteiger partial charge in [0.2, 0.25) is 0 Å². The van der Waals surface area contributed by atoms with Gasteiger partial charge >= 0.3 is 0 Å². The monoisotopic (exact) mass is 205 g/mol. The summed E-state index contributed by atoms with van der Waals surface area (Å²) in [6, 6.07) is 18.8. The zero-order chi connectivity index (χ0) is 10.8. The molecular weight excluding hydrogens is 194 g/mol. The van der Waals surface area contributed by atoms with Crippen molar-refractivity contribution in [3.8, 4) is 11.1 Å². The number of aromatic nitrogens is 1. The summed E-state index contributed by atoms with van der Waals surface area (Å²) in [4.78, 5) is 4.15. The molecule has 1 aromatic heterocycles. The van der Waals surface area contributed by atoms with Gasteiger partial charge in [-0.2, -0.15) is 0 Å². The summed E-state index contributed by atoms with van der Waals surface area (Å²) in [5, 5.41) is 2.44. The number of pyridine rings is 1. The van der Waals surface area contributed by atoms with Crippen molar-refractivity contribution >= 4 is 10.8 Å². The Bertz CT molecular complexity index is 609. The second-order valence-corrected chi connectivity index (χ2v) is 3.77. The Morgan fingerprint density at radius 2 is 1.62 bits per heavy atom. The molecule has 0 unspecified atom stereocenters. The molecule has 1 nitrogen and oxygen atoms in total. The summed E-state index contributed by atoms with van der Waals surface area (Å²) < 4.78 is 0. The third kappa shape index (κ3) is 1.47. The Kier molecular flexibility index (Phi) is 2.15. The lowest BCUT2D eigenvalue weighted by atomic mass is 10.00. The smallest absolute Gasteiger partial charge is 0.0346 e. The third-order valence-electron chi connectivity index (χ3n) is 2.77. The van der Waals surface area contributed by atoms with Crippen LogP contribution in [0, 0.1) is 0 Å². The van der Waals surface area contributed by atoms with E-state index < -0.39 is 0 Å². The van der Waals surface area contributed by atoms with Crippen LogP contribution in [0.5, 0.6) is 0 Å². The normalized spacial score (nSPS) is 10.5. The molecule has 0 amide bonds. The fourth-order valence-electron chi connectivity index (χ4n) is 1.99. The molecule has 1 heteroatoms. The van der Waals surface area contributed by atoms with Gasteiger partial charge in [-0.25, -0.2) is 0 Å². The lowest BCUT2D eigenvalue weighted by Crippen LogP contribution is -1.81. The van der Waals surface area contributed by atoms with Crippen LogP contribution in [0.25, 0.3) is 21.9 Å². The molecule has 0 N–H and O–H groups in total. The van der Waals surface area contributed by atoms with Gasteiger partial charge in [0.15, 0.2) is 0 Å². The van der Waals surface area contributed by atoms with Crippen LogP contribution in [0.2, 0.25) is 0 Å². The maximum absolute atomic E-state index is 4.15.